The number of hydrogen-bond acceptors (Lipinski definition) is 5. The number of benzene rings is 2. The zero-order valence-corrected chi connectivity index (χ0v) is 19.0. The van der Waals surface area contributed by atoms with Crippen LogP contribution in [-0.2, 0) is 9.53 Å². The summed E-state index contributed by atoms with van der Waals surface area (Å²) in [5.41, 5.74) is 4.78. The van der Waals surface area contributed by atoms with Crippen molar-refractivity contribution in [1.82, 2.24) is 9.88 Å². The molecule has 1 fully saturated rings. The van der Waals surface area contributed by atoms with E-state index in [1.54, 1.807) is 12.1 Å². The smallest absolute Gasteiger partial charge is 0.411 e. The second-order valence-electron chi connectivity index (χ2n) is 8.78. The number of aliphatic carboxylic acids is 1. The van der Waals surface area contributed by atoms with E-state index >= 15 is 0 Å². The third kappa shape index (κ3) is 4.47. The predicted octanol–water partition coefficient (Wildman–Crippen LogP) is 4.38. The monoisotopic (exact) mass is 471 g/mol. The van der Waals surface area contributed by atoms with Crippen LogP contribution in [0.1, 0.15) is 40.4 Å². The van der Waals surface area contributed by atoms with E-state index in [-0.39, 0.29) is 30.5 Å². The van der Waals surface area contributed by atoms with Gasteiger partial charge >= 0.3 is 12.1 Å². The van der Waals surface area contributed by atoms with E-state index in [0.29, 0.717) is 19.4 Å². The van der Waals surface area contributed by atoms with Gasteiger partial charge in [0.25, 0.3) is 5.91 Å². The molecule has 3 aromatic rings. The van der Waals surface area contributed by atoms with Crippen LogP contribution >= 0.6 is 0 Å². The van der Waals surface area contributed by atoms with Crippen LogP contribution in [0, 0.1) is 5.92 Å². The highest BCUT2D eigenvalue weighted by Crippen LogP contribution is 2.44. The van der Waals surface area contributed by atoms with Gasteiger partial charge in [-0.25, -0.2) is 9.78 Å². The normalized spacial score (nSPS) is 16.8. The van der Waals surface area contributed by atoms with Crippen molar-refractivity contribution < 1.29 is 24.2 Å². The number of carbonyl (C=O) groups is 3. The maximum atomic E-state index is 13.1. The molecule has 0 unspecified atom stereocenters. The minimum absolute atomic E-state index is 0.0621. The van der Waals surface area contributed by atoms with Crippen LogP contribution in [0.2, 0.25) is 0 Å². The highest BCUT2D eigenvalue weighted by molar-refractivity contribution is 6.01. The van der Waals surface area contributed by atoms with Gasteiger partial charge < -0.3 is 14.7 Å². The first-order valence-corrected chi connectivity index (χ1v) is 11.6. The molecule has 2 N–H and O–H groups in total. The van der Waals surface area contributed by atoms with Crippen LogP contribution < -0.4 is 5.32 Å². The fraction of sp³-hybridized carbons (Fsp3) is 0.259. The minimum atomic E-state index is -0.916. The lowest BCUT2D eigenvalue weighted by molar-refractivity contribution is -0.143. The molecule has 0 radical (unpaired) electrons. The standard InChI is InChI=1S/C27H25N3O5/c31-25(30-14-6-7-17(15-30)26(32)33)24-23(12-5-13-28-24)29-27(34)35-16-22-20-10-3-1-8-18(20)19-9-2-4-11-21(19)22/h1-5,8-13,17,22H,6-7,14-16H2,(H,29,34)(H,32,33)/t17-/m1/s1. The Morgan fingerprint density at radius 1 is 1.00 bits per heavy atom. The molecule has 0 saturated carbocycles. The lowest BCUT2D eigenvalue weighted by Gasteiger charge is -2.30. The summed E-state index contributed by atoms with van der Waals surface area (Å²) < 4.78 is 5.59. The number of piperidine rings is 1. The van der Waals surface area contributed by atoms with Crippen molar-refractivity contribution in [1.29, 1.82) is 0 Å². The van der Waals surface area contributed by atoms with Gasteiger partial charge in [0.15, 0.2) is 5.69 Å². The maximum Gasteiger partial charge on any atom is 0.411 e. The van der Waals surface area contributed by atoms with E-state index in [2.05, 4.69) is 22.4 Å². The number of carbonyl (C=O) groups excluding carboxylic acids is 2. The number of anilines is 1. The van der Waals surface area contributed by atoms with Crippen LogP contribution in [-0.4, -0.2) is 52.7 Å². The lowest BCUT2D eigenvalue weighted by atomic mass is 9.98. The maximum absolute atomic E-state index is 13.1. The Hall–Kier alpha value is -4.20. The number of ether oxygens (including phenoxy) is 1. The number of amides is 2. The minimum Gasteiger partial charge on any atom is -0.481 e. The zero-order valence-electron chi connectivity index (χ0n) is 19.0. The Bertz CT molecular complexity index is 1250. The average Bonchev–Trinajstić information content (AvgIpc) is 3.21. The first-order chi connectivity index (χ1) is 17.0. The van der Waals surface area contributed by atoms with Gasteiger partial charge in [-0.1, -0.05) is 48.5 Å². The number of likely N-dealkylation sites (tertiary alicyclic amines) is 1. The van der Waals surface area contributed by atoms with Crippen LogP contribution in [0.5, 0.6) is 0 Å². The SMILES string of the molecule is O=C(Nc1cccnc1C(=O)N1CCC[C@@H](C(=O)O)C1)OCC1c2ccccc2-c2ccccc21. The van der Waals surface area contributed by atoms with E-state index in [9.17, 15) is 19.5 Å². The Labute approximate surface area is 202 Å². The average molecular weight is 472 g/mol. The number of nitrogens with zero attached hydrogens (tertiary/aromatic N) is 2. The summed E-state index contributed by atoms with van der Waals surface area (Å²) in [6.07, 6.45) is 1.92. The number of nitrogens with one attached hydrogen (secondary N) is 1. The third-order valence-corrected chi connectivity index (χ3v) is 6.65. The molecule has 0 bridgehead atoms. The summed E-state index contributed by atoms with van der Waals surface area (Å²) >= 11 is 0. The van der Waals surface area contributed by atoms with Crippen molar-refractivity contribution in [2.45, 2.75) is 18.8 Å². The van der Waals surface area contributed by atoms with Gasteiger partial charge in [-0.15, -0.1) is 0 Å². The number of hydrogen-bond donors (Lipinski definition) is 2. The highest BCUT2D eigenvalue weighted by atomic mass is 16.5. The van der Waals surface area contributed by atoms with E-state index in [0.717, 1.165) is 22.3 Å². The van der Waals surface area contributed by atoms with Crippen molar-refractivity contribution in [3.8, 4) is 11.1 Å². The van der Waals surface area contributed by atoms with Crippen molar-refractivity contribution in [3.63, 3.8) is 0 Å². The number of carboxylic acids is 1. The van der Waals surface area contributed by atoms with Gasteiger partial charge in [0.1, 0.15) is 6.61 Å². The first kappa shape index (κ1) is 22.6. The van der Waals surface area contributed by atoms with Gasteiger partial charge in [0, 0.05) is 25.2 Å². The summed E-state index contributed by atoms with van der Waals surface area (Å²) in [7, 11) is 0. The molecule has 35 heavy (non-hydrogen) atoms. The molecule has 1 aliphatic carbocycles. The summed E-state index contributed by atoms with van der Waals surface area (Å²) in [5.74, 6) is -2.01. The van der Waals surface area contributed by atoms with Crippen LogP contribution in [0.3, 0.4) is 0 Å². The fourth-order valence-electron chi connectivity index (χ4n) is 4.93. The Morgan fingerprint density at radius 3 is 2.37 bits per heavy atom. The van der Waals surface area contributed by atoms with Gasteiger partial charge in [0.05, 0.1) is 11.6 Å². The second kappa shape index (κ2) is 9.58. The first-order valence-electron chi connectivity index (χ1n) is 11.6. The molecular formula is C27H25N3O5. The summed E-state index contributed by atoms with van der Waals surface area (Å²) in [5, 5.41) is 12.0. The number of aromatic nitrogens is 1. The fourth-order valence-corrected chi connectivity index (χ4v) is 4.93. The summed E-state index contributed by atoms with van der Waals surface area (Å²) in [4.78, 5) is 42.8. The van der Waals surface area contributed by atoms with E-state index in [1.807, 2.05) is 36.4 Å². The molecule has 8 nitrogen and oxygen atoms in total. The molecule has 1 aromatic heterocycles. The molecule has 5 rings (SSSR count). The quantitative estimate of drug-likeness (QED) is 0.572. The molecule has 8 heteroatoms. The predicted molar refractivity (Wildman–Crippen MR) is 129 cm³/mol. The number of rotatable bonds is 5. The van der Waals surface area contributed by atoms with Crippen molar-refractivity contribution >= 4 is 23.7 Å². The molecule has 2 aliphatic rings. The van der Waals surface area contributed by atoms with E-state index in [4.69, 9.17) is 4.74 Å². The van der Waals surface area contributed by atoms with E-state index < -0.39 is 23.9 Å². The summed E-state index contributed by atoms with van der Waals surface area (Å²) in [6, 6.07) is 19.4. The lowest BCUT2D eigenvalue weighted by Crippen LogP contribution is -2.42. The van der Waals surface area contributed by atoms with Crippen molar-refractivity contribution in [2.75, 3.05) is 25.0 Å². The number of pyridine rings is 1. The van der Waals surface area contributed by atoms with Crippen LogP contribution in [0.4, 0.5) is 10.5 Å². The summed E-state index contributed by atoms with van der Waals surface area (Å²) in [6.45, 7) is 0.717. The second-order valence-corrected chi connectivity index (χ2v) is 8.78. The van der Waals surface area contributed by atoms with Gasteiger partial charge in [-0.05, 0) is 47.2 Å². The Balaban J connectivity index is 1.28. The topological polar surface area (TPSA) is 109 Å². The van der Waals surface area contributed by atoms with Gasteiger partial charge in [0.2, 0.25) is 0 Å². The molecule has 0 spiro atoms. The Kier molecular flexibility index (Phi) is 6.18. The third-order valence-electron chi connectivity index (χ3n) is 6.65. The molecular weight excluding hydrogens is 446 g/mol. The van der Waals surface area contributed by atoms with E-state index in [1.165, 1.54) is 11.1 Å². The number of fused-ring (bicyclic) bond motifs is 3. The van der Waals surface area contributed by atoms with Crippen molar-refractivity contribution in [2.24, 2.45) is 5.92 Å². The Morgan fingerprint density at radius 2 is 1.69 bits per heavy atom. The molecule has 1 saturated heterocycles. The molecule has 1 atom stereocenters. The molecule has 2 amide bonds. The van der Waals surface area contributed by atoms with Crippen LogP contribution in [0.15, 0.2) is 66.9 Å². The zero-order chi connectivity index (χ0) is 24.4. The van der Waals surface area contributed by atoms with Crippen molar-refractivity contribution in [3.05, 3.63) is 83.7 Å². The molecule has 1 aliphatic heterocycles. The number of carboxylic acid groups (broad SMARTS) is 1. The highest BCUT2D eigenvalue weighted by Gasteiger charge is 2.31. The molecule has 178 valence electrons. The van der Waals surface area contributed by atoms with Crippen LogP contribution in [0.25, 0.3) is 11.1 Å². The van der Waals surface area contributed by atoms with Gasteiger partial charge in [-0.2, -0.15) is 0 Å². The molecule has 2 heterocycles. The largest absolute Gasteiger partial charge is 0.481 e. The molecule has 2 aromatic carbocycles. The van der Waals surface area contributed by atoms with Gasteiger partial charge in [-0.3, -0.25) is 14.9 Å².